The van der Waals surface area contributed by atoms with Gasteiger partial charge in [0, 0.05) is 11.4 Å². The number of nitrogens with one attached hydrogen (secondary N) is 1. The van der Waals surface area contributed by atoms with E-state index in [4.69, 9.17) is 11.6 Å². The number of aryl methyl sites for hydroxylation is 1. The van der Waals surface area contributed by atoms with Crippen LogP contribution >= 0.6 is 11.6 Å². The second-order valence-corrected chi connectivity index (χ2v) is 6.77. The molecule has 118 valence electrons. The van der Waals surface area contributed by atoms with Crippen molar-refractivity contribution in [3.8, 4) is 0 Å². The van der Waals surface area contributed by atoms with Gasteiger partial charge in [-0.3, -0.25) is 0 Å². The van der Waals surface area contributed by atoms with E-state index >= 15 is 0 Å². The van der Waals surface area contributed by atoms with E-state index in [1.807, 2.05) is 12.1 Å². The zero-order valence-electron chi connectivity index (χ0n) is 11.1. The lowest BCUT2D eigenvalue weighted by Gasteiger charge is -2.13. The second kappa shape index (κ2) is 5.56. The average molecular weight is 349 g/mol. The molecule has 2 aromatic rings. The van der Waals surface area contributed by atoms with E-state index in [9.17, 15) is 17.2 Å². The molecule has 3 rings (SSSR count). The number of sulfonamides is 1. The van der Waals surface area contributed by atoms with E-state index in [1.165, 1.54) is 4.68 Å². The van der Waals surface area contributed by atoms with Crippen LogP contribution in [-0.2, 0) is 16.4 Å². The Morgan fingerprint density at radius 1 is 1.36 bits per heavy atom. The van der Waals surface area contributed by atoms with Crippen molar-refractivity contribution in [1.82, 2.24) is 19.5 Å². The van der Waals surface area contributed by atoms with Gasteiger partial charge in [0.2, 0.25) is 0 Å². The first kappa shape index (κ1) is 15.3. The first-order valence-electron chi connectivity index (χ1n) is 6.39. The Kier molecular flexibility index (Phi) is 3.87. The molecule has 0 radical (unpaired) electrons. The molecule has 0 amide bonds. The van der Waals surface area contributed by atoms with E-state index in [2.05, 4.69) is 10.1 Å². The molecular formula is C12H11ClF2N4O2S. The molecule has 0 fully saturated rings. The van der Waals surface area contributed by atoms with Gasteiger partial charge >= 0.3 is 6.55 Å². The maximum Gasteiger partial charge on any atom is 0.305 e. The zero-order chi connectivity index (χ0) is 15.9. The van der Waals surface area contributed by atoms with Crippen molar-refractivity contribution in [3.05, 3.63) is 40.7 Å². The zero-order valence-corrected chi connectivity index (χ0v) is 12.7. The molecule has 22 heavy (non-hydrogen) atoms. The van der Waals surface area contributed by atoms with E-state index in [-0.39, 0.29) is 6.04 Å². The number of fused-ring (bicyclic) bond motifs is 1. The van der Waals surface area contributed by atoms with Crippen LogP contribution in [0.15, 0.2) is 29.4 Å². The Morgan fingerprint density at radius 3 is 2.77 bits per heavy atom. The van der Waals surface area contributed by atoms with Crippen LogP contribution in [0, 0.1) is 0 Å². The Morgan fingerprint density at radius 2 is 2.09 bits per heavy atom. The van der Waals surface area contributed by atoms with E-state index in [0.717, 1.165) is 10.3 Å². The minimum atomic E-state index is -4.43. The van der Waals surface area contributed by atoms with Gasteiger partial charge in [0.15, 0.2) is 0 Å². The fourth-order valence-corrected chi connectivity index (χ4v) is 3.48. The Labute approximate surface area is 130 Å². The predicted octanol–water partition coefficient (Wildman–Crippen LogP) is 1.97. The van der Waals surface area contributed by atoms with Crippen LogP contribution in [0.4, 0.5) is 8.78 Å². The fraction of sp³-hybridized carbons (Fsp3) is 0.333. The number of hydrogen-bond acceptors (Lipinski definition) is 4. The summed E-state index contributed by atoms with van der Waals surface area (Å²) < 4.78 is 50.5. The van der Waals surface area contributed by atoms with Gasteiger partial charge in [-0.15, -0.1) is 9.82 Å². The van der Waals surface area contributed by atoms with Crippen molar-refractivity contribution in [3.63, 3.8) is 0 Å². The van der Waals surface area contributed by atoms with E-state index < -0.39 is 21.7 Å². The molecule has 10 heteroatoms. The third-order valence-electron chi connectivity index (χ3n) is 3.37. The average Bonchev–Trinajstić information content (AvgIpc) is 2.98. The molecule has 2 heterocycles. The van der Waals surface area contributed by atoms with Gasteiger partial charge in [-0.25, -0.2) is 18.1 Å². The van der Waals surface area contributed by atoms with Crippen LogP contribution in [0.5, 0.6) is 0 Å². The maximum absolute atomic E-state index is 12.2. The molecule has 1 atom stereocenters. The molecule has 0 spiro atoms. The molecule has 1 aliphatic rings. The summed E-state index contributed by atoms with van der Waals surface area (Å²) in [6.07, 6.45) is 1.16. The lowest BCUT2D eigenvalue weighted by molar-refractivity contribution is 0.136. The lowest BCUT2D eigenvalue weighted by atomic mass is 10.1. The standard InChI is InChI=1S/C12H11ClF2N4O2S/c13-8-4-2-1-3-7(8)9-5-6-10-16-12(17-19(9)10)22(20,21)18-11(14)15/h1-4,9,11,18H,5-6H2/t9-/m0/s1. The summed E-state index contributed by atoms with van der Waals surface area (Å²) in [6, 6.07) is 6.88. The molecule has 0 aliphatic carbocycles. The molecule has 1 aromatic carbocycles. The van der Waals surface area contributed by atoms with Gasteiger partial charge in [-0.2, -0.15) is 8.78 Å². The number of nitrogens with zero attached hydrogens (tertiary/aromatic N) is 3. The number of halogens is 3. The molecule has 0 unspecified atom stereocenters. The highest BCUT2D eigenvalue weighted by Crippen LogP contribution is 2.34. The van der Waals surface area contributed by atoms with Crippen LogP contribution in [0.1, 0.15) is 23.9 Å². The summed E-state index contributed by atoms with van der Waals surface area (Å²) in [6.45, 7) is -3.21. The summed E-state index contributed by atoms with van der Waals surface area (Å²) >= 11 is 6.15. The van der Waals surface area contributed by atoms with E-state index in [0.29, 0.717) is 23.7 Å². The monoisotopic (exact) mass is 348 g/mol. The van der Waals surface area contributed by atoms with Crippen molar-refractivity contribution >= 4 is 21.6 Å². The minimum Gasteiger partial charge on any atom is -0.241 e. The highest BCUT2D eigenvalue weighted by molar-refractivity contribution is 7.89. The van der Waals surface area contributed by atoms with Crippen molar-refractivity contribution in [2.24, 2.45) is 0 Å². The maximum atomic E-state index is 12.2. The van der Waals surface area contributed by atoms with Crippen LogP contribution in [0.25, 0.3) is 0 Å². The predicted molar refractivity (Wildman–Crippen MR) is 74.3 cm³/mol. The quantitative estimate of drug-likeness (QED) is 0.857. The molecular weight excluding hydrogens is 338 g/mol. The molecule has 6 nitrogen and oxygen atoms in total. The molecule has 0 bridgehead atoms. The van der Waals surface area contributed by atoms with Crippen LogP contribution in [0.3, 0.4) is 0 Å². The molecule has 0 saturated heterocycles. The van der Waals surface area contributed by atoms with Crippen LogP contribution in [-0.4, -0.2) is 29.7 Å². The highest BCUT2D eigenvalue weighted by atomic mass is 35.5. The van der Waals surface area contributed by atoms with Gasteiger partial charge in [0.1, 0.15) is 5.82 Å². The SMILES string of the molecule is O=S(=O)(NC(F)F)c1nc2n(n1)[C@H](c1ccccc1Cl)CC2. The number of benzene rings is 1. The molecule has 0 saturated carbocycles. The largest absolute Gasteiger partial charge is 0.305 e. The minimum absolute atomic E-state index is 0.258. The summed E-state index contributed by atoms with van der Waals surface area (Å²) in [5.74, 6) is 0.430. The molecule has 1 aliphatic heterocycles. The van der Waals surface area contributed by atoms with Crippen molar-refractivity contribution in [2.75, 3.05) is 0 Å². The third-order valence-corrected chi connectivity index (χ3v) is 4.85. The van der Waals surface area contributed by atoms with Gasteiger partial charge < -0.3 is 0 Å². The number of rotatable bonds is 4. The topological polar surface area (TPSA) is 76.9 Å². The summed E-state index contributed by atoms with van der Waals surface area (Å²) in [4.78, 5) is 3.85. The third kappa shape index (κ3) is 2.71. The van der Waals surface area contributed by atoms with Gasteiger partial charge in [0.05, 0.1) is 6.04 Å². The Balaban J connectivity index is 1.98. The smallest absolute Gasteiger partial charge is 0.241 e. The first-order valence-corrected chi connectivity index (χ1v) is 8.25. The lowest BCUT2D eigenvalue weighted by Crippen LogP contribution is -2.29. The number of hydrogen-bond donors (Lipinski definition) is 1. The van der Waals surface area contributed by atoms with Crippen molar-refractivity contribution in [2.45, 2.75) is 30.6 Å². The van der Waals surface area contributed by atoms with Gasteiger partial charge in [-0.05, 0) is 18.1 Å². The van der Waals surface area contributed by atoms with Crippen molar-refractivity contribution < 1.29 is 17.2 Å². The van der Waals surface area contributed by atoms with Gasteiger partial charge in [-0.1, -0.05) is 29.8 Å². The van der Waals surface area contributed by atoms with E-state index in [1.54, 1.807) is 12.1 Å². The Hall–Kier alpha value is -1.58. The molecule has 1 aromatic heterocycles. The van der Waals surface area contributed by atoms with Crippen molar-refractivity contribution in [1.29, 1.82) is 0 Å². The molecule has 1 N–H and O–H groups in total. The first-order chi connectivity index (χ1) is 10.4. The summed E-state index contributed by atoms with van der Waals surface area (Å²) in [7, 11) is -4.43. The second-order valence-electron chi connectivity index (χ2n) is 4.75. The summed E-state index contributed by atoms with van der Waals surface area (Å²) in [5, 5.41) is 3.76. The van der Waals surface area contributed by atoms with Gasteiger partial charge in [0.25, 0.3) is 15.2 Å². The van der Waals surface area contributed by atoms with Crippen LogP contribution in [0.2, 0.25) is 5.02 Å². The highest BCUT2D eigenvalue weighted by Gasteiger charge is 2.32. The fourth-order valence-electron chi connectivity index (χ4n) is 2.46. The Bertz CT molecular complexity index is 809. The normalized spacial score (nSPS) is 17.9. The number of aromatic nitrogens is 3. The van der Waals surface area contributed by atoms with Crippen LogP contribution < -0.4 is 4.72 Å². The number of alkyl halides is 2. The summed E-state index contributed by atoms with van der Waals surface area (Å²) in [5.41, 5.74) is 0.790.